The lowest BCUT2D eigenvalue weighted by molar-refractivity contribution is 0.102. The Labute approximate surface area is 99.3 Å². The fourth-order valence-corrected chi connectivity index (χ4v) is 1.82. The second kappa shape index (κ2) is 3.80. The van der Waals surface area contributed by atoms with Crippen molar-refractivity contribution < 1.29 is 4.79 Å². The standard InChI is InChI=1S/C15H9NO/c17-15-13-7-3-1-5-11(13)9-10-12-6-2-4-8-14(12)16-15/h1-8H,(H,16,17). The number of rotatable bonds is 0. The molecule has 0 saturated heterocycles. The van der Waals surface area contributed by atoms with Gasteiger partial charge in [-0.3, -0.25) is 4.79 Å². The zero-order chi connectivity index (χ0) is 11.7. The zero-order valence-electron chi connectivity index (χ0n) is 9.03. The zero-order valence-corrected chi connectivity index (χ0v) is 9.03. The summed E-state index contributed by atoms with van der Waals surface area (Å²) in [5.74, 6) is 6.01. The molecular weight excluding hydrogens is 210 g/mol. The lowest BCUT2D eigenvalue weighted by Gasteiger charge is -2.10. The maximum atomic E-state index is 12.0. The molecule has 0 aliphatic carbocycles. The Bertz CT molecular complexity index is 662. The predicted molar refractivity (Wildman–Crippen MR) is 66.8 cm³/mol. The van der Waals surface area contributed by atoms with E-state index in [1.165, 1.54) is 0 Å². The molecule has 1 aliphatic rings. The molecule has 1 aliphatic heterocycles. The SMILES string of the molecule is O=C1Nc2ccccc2C#Cc2ccccc21. The number of hydrogen-bond acceptors (Lipinski definition) is 1. The summed E-state index contributed by atoms with van der Waals surface area (Å²) < 4.78 is 0. The summed E-state index contributed by atoms with van der Waals surface area (Å²) in [6.07, 6.45) is 0. The van der Waals surface area contributed by atoms with E-state index in [1.807, 2.05) is 42.5 Å². The van der Waals surface area contributed by atoms with Gasteiger partial charge < -0.3 is 5.32 Å². The van der Waals surface area contributed by atoms with Crippen LogP contribution in [0.1, 0.15) is 21.5 Å². The molecule has 1 amide bonds. The molecule has 2 aromatic carbocycles. The molecule has 0 radical (unpaired) electrons. The molecule has 0 spiro atoms. The van der Waals surface area contributed by atoms with E-state index in [4.69, 9.17) is 0 Å². The van der Waals surface area contributed by atoms with Crippen LogP contribution in [0, 0.1) is 11.8 Å². The highest BCUT2D eigenvalue weighted by Crippen LogP contribution is 2.18. The van der Waals surface area contributed by atoms with E-state index in [0.717, 1.165) is 16.8 Å². The topological polar surface area (TPSA) is 29.1 Å². The Hall–Kier alpha value is -2.53. The van der Waals surface area contributed by atoms with Gasteiger partial charge >= 0.3 is 0 Å². The number of nitrogens with one attached hydrogen (secondary N) is 1. The molecular formula is C15H9NO. The fraction of sp³-hybridized carbons (Fsp3) is 0. The van der Waals surface area contributed by atoms with Crippen molar-refractivity contribution in [1.82, 2.24) is 0 Å². The molecule has 0 aromatic heterocycles. The highest BCUT2D eigenvalue weighted by Gasteiger charge is 2.13. The van der Waals surface area contributed by atoms with E-state index in [-0.39, 0.29) is 5.91 Å². The molecule has 80 valence electrons. The lowest BCUT2D eigenvalue weighted by atomic mass is 10.0. The number of para-hydroxylation sites is 1. The number of fused-ring (bicyclic) bond motifs is 2. The van der Waals surface area contributed by atoms with E-state index in [0.29, 0.717) is 5.56 Å². The Balaban J connectivity index is 2.24. The Morgan fingerprint density at radius 3 is 2.35 bits per heavy atom. The van der Waals surface area contributed by atoms with Crippen LogP contribution in [0.5, 0.6) is 0 Å². The van der Waals surface area contributed by atoms with Gasteiger partial charge in [-0.2, -0.15) is 0 Å². The van der Waals surface area contributed by atoms with Crippen LogP contribution in [0.2, 0.25) is 0 Å². The minimum absolute atomic E-state index is 0.109. The van der Waals surface area contributed by atoms with Crippen molar-refractivity contribution in [2.24, 2.45) is 0 Å². The van der Waals surface area contributed by atoms with Crippen molar-refractivity contribution in [2.45, 2.75) is 0 Å². The molecule has 3 rings (SSSR count). The molecule has 2 nitrogen and oxygen atoms in total. The average molecular weight is 219 g/mol. The minimum Gasteiger partial charge on any atom is -0.321 e. The minimum atomic E-state index is -0.109. The maximum absolute atomic E-state index is 12.0. The Morgan fingerprint density at radius 1 is 0.824 bits per heavy atom. The van der Waals surface area contributed by atoms with Gasteiger partial charge in [0.25, 0.3) is 5.91 Å². The summed E-state index contributed by atoms with van der Waals surface area (Å²) in [4.78, 5) is 12.0. The van der Waals surface area contributed by atoms with Crippen LogP contribution in [0.3, 0.4) is 0 Å². The summed E-state index contributed by atoms with van der Waals surface area (Å²) in [6.45, 7) is 0. The van der Waals surface area contributed by atoms with Gasteiger partial charge in [0.2, 0.25) is 0 Å². The number of amides is 1. The molecule has 2 aromatic rings. The van der Waals surface area contributed by atoms with Gasteiger partial charge in [-0.25, -0.2) is 0 Å². The van der Waals surface area contributed by atoms with Crippen LogP contribution < -0.4 is 5.32 Å². The first-order chi connectivity index (χ1) is 8.34. The van der Waals surface area contributed by atoms with Crippen molar-refractivity contribution in [1.29, 1.82) is 0 Å². The summed E-state index contributed by atoms with van der Waals surface area (Å²) in [5, 5.41) is 2.88. The van der Waals surface area contributed by atoms with Gasteiger partial charge in [-0.1, -0.05) is 36.1 Å². The van der Waals surface area contributed by atoms with Crippen molar-refractivity contribution in [2.75, 3.05) is 5.32 Å². The monoisotopic (exact) mass is 219 g/mol. The first-order valence-corrected chi connectivity index (χ1v) is 5.36. The van der Waals surface area contributed by atoms with E-state index in [1.54, 1.807) is 6.07 Å². The molecule has 2 heteroatoms. The number of benzene rings is 2. The van der Waals surface area contributed by atoms with E-state index in [2.05, 4.69) is 17.2 Å². The van der Waals surface area contributed by atoms with Crippen molar-refractivity contribution in [3.63, 3.8) is 0 Å². The van der Waals surface area contributed by atoms with Gasteiger partial charge in [0.15, 0.2) is 0 Å². The highest BCUT2D eigenvalue weighted by molar-refractivity contribution is 6.07. The first-order valence-electron chi connectivity index (χ1n) is 5.36. The number of carbonyl (C=O) groups is 1. The number of anilines is 1. The third-order valence-corrected chi connectivity index (χ3v) is 2.68. The molecule has 0 bridgehead atoms. The first kappa shape index (κ1) is 9.68. The summed E-state index contributed by atoms with van der Waals surface area (Å²) >= 11 is 0. The molecule has 1 heterocycles. The van der Waals surface area contributed by atoms with E-state index in [9.17, 15) is 4.79 Å². The maximum Gasteiger partial charge on any atom is 0.256 e. The Kier molecular flexibility index (Phi) is 2.16. The van der Waals surface area contributed by atoms with Gasteiger partial charge in [0.1, 0.15) is 0 Å². The van der Waals surface area contributed by atoms with Gasteiger partial charge in [0, 0.05) is 11.1 Å². The second-order valence-electron chi connectivity index (χ2n) is 3.80. The molecule has 0 atom stereocenters. The second-order valence-corrected chi connectivity index (χ2v) is 3.80. The Morgan fingerprint density at radius 2 is 1.47 bits per heavy atom. The number of carbonyl (C=O) groups excluding carboxylic acids is 1. The normalized spacial score (nSPS) is 12.1. The smallest absolute Gasteiger partial charge is 0.256 e. The molecule has 0 fully saturated rings. The lowest BCUT2D eigenvalue weighted by Crippen LogP contribution is -2.15. The fourth-order valence-electron chi connectivity index (χ4n) is 1.82. The van der Waals surface area contributed by atoms with Crippen molar-refractivity contribution in [3.8, 4) is 11.8 Å². The van der Waals surface area contributed by atoms with Crippen LogP contribution in [0.4, 0.5) is 5.69 Å². The van der Waals surface area contributed by atoms with Gasteiger partial charge in [-0.15, -0.1) is 0 Å². The van der Waals surface area contributed by atoms with Crippen molar-refractivity contribution in [3.05, 3.63) is 65.2 Å². The predicted octanol–water partition coefficient (Wildman–Crippen LogP) is 2.65. The average Bonchev–Trinajstić information content (AvgIpc) is 2.36. The van der Waals surface area contributed by atoms with Crippen LogP contribution in [0.15, 0.2) is 48.5 Å². The van der Waals surface area contributed by atoms with Crippen LogP contribution in [0.25, 0.3) is 0 Å². The van der Waals surface area contributed by atoms with Crippen LogP contribution in [-0.2, 0) is 0 Å². The molecule has 1 N–H and O–H groups in total. The highest BCUT2D eigenvalue weighted by atomic mass is 16.1. The van der Waals surface area contributed by atoms with Crippen LogP contribution >= 0.6 is 0 Å². The van der Waals surface area contributed by atoms with Gasteiger partial charge in [0.05, 0.1) is 11.3 Å². The largest absolute Gasteiger partial charge is 0.321 e. The van der Waals surface area contributed by atoms with E-state index < -0.39 is 0 Å². The quantitative estimate of drug-likeness (QED) is 0.678. The van der Waals surface area contributed by atoms with Gasteiger partial charge in [-0.05, 0) is 24.3 Å². The third-order valence-electron chi connectivity index (χ3n) is 2.68. The molecule has 17 heavy (non-hydrogen) atoms. The van der Waals surface area contributed by atoms with E-state index >= 15 is 0 Å². The molecule has 0 unspecified atom stereocenters. The summed E-state index contributed by atoms with van der Waals surface area (Å²) in [7, 11) is 0. The number of hydrogen-bond donors (Lipinski definition) is 1. The van der Waals surface area contributed by atoms with Crippen molar-refractivity contribution >= 4 is 11.6 Å². The van der Waals surface area contributed by atoms with Crippen LogP contribution in [-0.4, -0.2) is 5.91 Å². The molecule has 0 saturated carbocycles. The third kappa shape index (κ3) is 1.68. The summed E-state index contributed by atoms with van der Waals surface area (Å²) in [6, 6.07) is 14.9. The summed E-state index contributed by atoms with van der Waals surface area (Å²) in [5.41, 5.74) is 2.99.